The minimum absolute atomic E-state index is 0.0809. The molecule has 1 aromatic heterocycles. The van der Waals surface area contributed by atoms with Gasteiger partial charge in [-0.3, -0.25) is 10.1 Å². The molecule has 138 valence electrons. The summed E-state index contributed by atoms with van der Waals surface area (Å²) < 4.78 is 10.6. The van der Waals surface area contributed by atoms with Crippen molar-refractivity contribution >= 4 is 40.4 Å². The number of halogens is 2. The molecule has 0 unspecified atom stereocenters. The maximum Gasteiger partial charge on any atom is 0.373 e. The van der Waals surface area contributed by atoms with Crippen LogP contribution >= 0.6 is 23.2 Å². The van der Waals surface area contributed by atoms with Crippen LogP contribution in [0.15, 0.2) is 48.8 Å². The molecule has 0 aliphatic carbocycles. The third kappa shape index (κ3) is 4.36. The summed E-state index contributed by atoms with van der Waals surface area (Å²) in [6.07, 6.45) is 1.15. The van der Waals surface area contributed by atoms with Crippen molar-refractivity contribution in [2.24, 2.45) is 0 Å². The van der Waals surface area contributed by atoms with E-state index in [0.29, 0.717) is 27.2 Å². The zero-order chi connectivity index (χ0) is 19.4. The van der Waals surface area contributed by atoms with Crippen LogP contribution in [-0.4, -0.2) is 22.0 Å². The minimum atomic E-state index is -0.639. The van der Waals surface area contributed by atoms with E-state index in [1.54, 1.807) is 36.4 Å². The minimum Gasteiger partial charge on any atom is -0.497 e. The van der Waals surface area contributed by atoms with Crippen LogP contribution < -0.4 is 14.8 Å². The molecule has 1 heterocycles. The molecule has 0 spiro atoms. The number of rotatable bonds is 6. The van der Waals surface area contributed by atoms with Crippen molar-refractivity contribution in [3.8, 4) is 17.4 Å². The Hall–Kier alpha value is -3.10. The Kier molecular flexibility index (Phi) is 5.58. The van der Waals surface area contributed by atoms with E-state index in [1.807, 2.05) is 0 Å². The number of nitro groups is 1. The van der Waals surface area contributed by atoms with Gasteiger partial charge >= 0.3 is 11.6 Å². The van der Waals surface area contributed by atoms with Crippen molar-refractivity contribution < 1.29 is 14.4 Å². The lowest BCUT2D eigenvalue weighted by molar-refractivity contribution is -0.385. The maximum atomic E-state index is 11.6. The van der Waals surface area contributed by atoms with E-state index in [0.717, 1.165) is 6.33 Å². The fourth-order valence-electron chi connectivity index (χ4n) is 2.17. The van der Waals surface area contributed by atoms with Gasteiger partial charge in [0.15, 0.2) is 0 Å². The van der Waals surface area contributed by atoms with E-state index in [2.05, 4.69) is 15.3 Å². The lowest BCUT2D eigenvalue weighted by atomic mass is 10.3. The largest absolute Gasteiger partial charge is 0.497 e. The average Bonchev–Trinajstić information content (AvgIpc) is 2.65. The van der Waals surface area contributed by atoms with E-state index in [9.17, 15) is 10.1 Å². The average molecular weight is 407 g/mol. The van der Waals surface area contributed by atoms with E-state index in [1.165, 1.54) is 13.2 Å². The first kappa shape index (κ1) is 18.7. The summed E-state index contributed by atoms with van der Waals surface area (Å²) in [5, 5.41) is 15.1. The van der Waals surface area contributed by atoms with E-state index < -0.39 is 10.6 Å². The number of aromatic nitrogens is 2. The van der Waals surface area contributed by atoms with Gasteiger partial charge in [0.2, 0.25) is 5.82 Å². The molecule has 0 saturated heterocycles. The molecule has 0 radical (unpaired) electrons. The van der Waals surface area contributed by atoms with E-state index >= 15 is 0 Å². The van der Waals surface area contributed by atoms with Crippen LogP contribution in [-0.2, 0) is 0 Å². The first-order valence-corrected chi connectivity index (χ1v) is 8.27. The number of hydrogen-bond donors (Lipinski definition) is 1. The number of nitrogens with one attached hydrogen (secondary N) is 1. The Morgan fingerprint density at radius 3 is 2.44 bits per heavy atom. The first-order chi connectivity index (χ1) is 13.0. The molecule has 0 fully saturated rings. The van der Waals surface area contributed by atoms with Crippen LogP contribution in [0.3, 0.4) is 0 Å². The number of benzene rings is 2. The molecule has 0 atom stereocenters. The highest BCUT2D eigenvalue weighted by Crippen LogP contribution is 2.37. The Morgan fingerprint density at radius 2 is 1.78 bits per heavy atom. The highest BCUT2D eigenvalue weighted by atomic mass is 35.5. The molecule has 0 amide bonds. The van der Waals surface area contributed by atoms with Crippen molar-refractivity contribution in [1.29, 1.82) is 0 Å². The molecule has 8 nitrogen and oxygen atoms in total. The van der Waals surface area contributed by atoms with Crippen molar-refractivity contribution in [3.05, 3.63) is 69.0 Å². The van der Waals surface area contributed by atoms with Gasteiger partial charge in [-0.15, -0.1) is 0 Å². The molecule has 3 rings (SSSR count). The Labute approximate surface area is 163 Å². The Balaban J connectivity index is 1.96. The van der Waals surface area contributed by atoms with Gasteiger partial charge in [-0.2, -0.15) is 4.98 Å². The van der Waals surface area contributed by atoms with Crippen LogP contribution in [0, 0.1) is 10.1 Å². The molecule has 3 aromatic rings. The normalized spacial score (nSPS) is 10.3. The van der Waals surface area contributed by atoms with Crippen LogP contribution in [0.1, 0.15) is 0 Å². The summed E-state index contributed by atoms with van der Waals surface area (Å²) in [5.74, 6) is 0.672. The topological polar surface area (TPSA) is 99.4 Å². The van der Waals surface area contributed by atoms with Crippen LogP contribution in [0.25, 0.3) is 0 Å². The van der Waals surface area contributed by atoms with Crippen LogP contribution in [0.5, 0.6) is 17.4 Å². The predicted octanol–water partition coefficient (Wildman–Crippen LogP) is 5.24. The smallest absolute Gasteiger partial charge is 0.373 e. The standard InChI is InChI=1S/C17H12Cl2N4O4/c1-26-11-3-5-12(6-4-11)27-17-15(23(24)25)16(20-9-21-17)22-14-8-10(18)2-7-13(14)19/h2-9H,1H3,(H,20,21,22). The number of nitrogens with zero attached hydrogens (tertiary/aromatic N) is 3. The molecule has 0 aliphatic rings. The lowest BCUT2D eigenvalue weighted by Gasteiger charge is -2.11. The summed E-state index contributed by atoms with van der Waals surface area (Å²) in [5.41, 5.74) is -0.0780. The van der Waals surface area contributed by atoms with Gasteiger partial charge < -0.3 is 14.8 Å². The molecular weight excluding hydrogens is 395 g/mol. The summed E-state index contributed by atoms with van der Waals surface area (Å²) in [6, 6.07) is 11.2. The SMILES string of the molecule is COc1ccc(Oc2ncnc(Nc3cc(Cl)ccc3Cl)c2[N+](=O)[O-])cc1. The lowest BCUT2D eigenvalue weighted by Crippen LogP contribution is -2.04. The summed E-state index contributed by atoms with van der Waals surface area (Å²) >= 11 is 12.0. The number of methoxy groups -OCH3 is 1. The molecule has 0 bridgehead atoms. The predicted molar refractivity (Wildman–Crippen MR) is 101 cm³/mol. The summed E-state index contributed by atoms with van der Waals surface area (Å²) in [6.45, 7) is 0. The molecule has 1 N–H and O–H groups in total. The zero-order valence-electron chi connectivity index (χ0n) is 13.8. The van der Waals surface area contributed by atoms with Gasteiger partial charge in [-0.1, -0.05) is 23.2 Å². The van der Waals surface area contributed by atoms with Crippen molar-refractivity contribution in [2.45, 2.75) is 0 Å². The number of hydrogen-bond acceptors (Lipinski definition) is 7. The third-order valence-corrected chi connectivity index (χ3v) is 3.99. The highest BCUT2D eigenvalue weighted by molar-refractivity contribution is 6.35. The molecular formula is C17H12Cl2N4O4. The molecule has 2 aromatic carbocycles. The summed E-state index contributed by atoms with van der Waals surface area (Å²) in [4.78, 5) is 18.8. The van der Waals surface area contributed by atoms with Crippen molar-refractivity contribution in [2.75, 3.05) is 12.4 Å². The van der Waals surface area contributed by atoms with Gasteiger partial charge in [-0.25, -0.2) is 4.98 Å². The third-order valence-electron chi connectivity index (χ3n) is 3.43. The van der Waals surface area contributed by atoms with Crippen molar-refractivity contribution in [1.82, 2.24) is 9.97 Å². The van der Waals surface area contributed by atoms with Gasteiger partial charge in [0.1, 0.15) is 17.8 Å². The maximum absolute atomic E-state index is 11.6. The second-order valence-corrected chi connectivity index (χ2v) is 6.00. The Bertz CT molecular complexity index is 983. The van der Waals surface area contributed by atoms with Gasteiger partial charge in [0.25, 0.3) is 0 Å². The molecule has 0 saturated carbocycles. The number of ether oxygens (including phenoxy) is 2. The van der Waals surface area contributed by atoms with E-state index in [4.69, 9.17) is 32.7 Å². The van der Waals surface area contributed by atoms with E-state index in [-0.39, 0.29) is 11.7 Å². The Morgan fingerprint density at radius 1 is 1.07 bits per heavy atom. The first-order valence-electron chi connectivity index (χ1n) is 7.51. The highest BCUT2D eigenvalue weighted by Gasteiger charge is 2.25. The number of anilines is 2. The van der Waals surface area contributed by atoms with Gasteiger partial charge in [0.05, 0.1) is 22.7 Å². The molecule has 10 heteroatoms. The van der Waals surface area contributed by atoms with Crippen LogP contribution in [0.2, 0.25) is 10.0 Å². The second-order valence-electron chi connectivity index (χ2n) is 5.16. The monoisotopic (exact) mass is 406 g/mol. The quantitative estimate of drug-likeness (QED) is 0.441. The van der Waals surface area contributed by atoms with Gasteiger partial charge in [-0.05, 0) is 42.5 Å². The second kappa shape index (κ2) is 8.07. The molecule has 0 aliphatic heterocycles. The fraction of sp³-hybridized carbons (Fsp3) is 0.0588. The molecule has 27 heavy (non-hydrogen) atoms. The summed E-state index contributed by atoms with van der Waals surface area (Å²) in [7, 11) is 1.53. The fourth-order valence-corrected chi connectivity index (χ4v) is 2.51. The van der Waals surface area contributed by atoms with Gasteiger partial charge in [0, 0.05) is 5.02 Å². The van der Waals surface area contributed by atoms with Crippen molar-refractivity contribution in [3.63, 3.8) is 0 Å². The zero-order valence-corrected chi connectivity index (χ0v) is 15.4. The van der Waals surface area contributed by atoms with Crippen LogP contribution in [0.4, 0.5) is 17.2 Å².